The minimum atomic E-state index is 0.575. The van der Waals surface area contributed by atoms with Crippen molar-refractivity contribution in [3.8, 4) is 17.0 Å². The van der Waals surface area contributed by atoms with E-state index in [4.69, 9.17) is 4.74 Å². The Morgan fingerprint density at radius 1 is 1.28 bits per heavy atom. The van der Waals surface area contributed by atoms with E-state index in [1.165, 1.54) is 0 Å². The number of rotatable bonds is 3. The molecule has 1 aromatic heterocycles. The SMILES string of the molecule is COc1cc(C)c(-c2[nH]ncc2C=O)c(C)c1C. The molecule has 4 nitrogen and oxygen atoms in total. The van der Waals surface area contributed by atoms with Crippen molar-refractivity contribution in [1.82, 2.24) is 10.2 Å². The number of aryl methyl sites for hydroxylation is 1. The first kappa shape index (κ1) is 12.4. The van der Waals surface area contributed by atoms with Gasteiger partial charge in [0, 0.05) is 5.56 Å². The van der Waals surface area contributed by atoms with Gasteiger partial charge in [0.1, 0.15) is 5.75 Å². The van der Waals surface area contributed by atoms with E-state index >= 15 is 0 Å². The Labute approximate surface area is 106 Å². The van der Waals surface area contributed by atoms with E-state index in [0.29, 0.717) is 5.56 Å². The van der Waals surface area contributed by atoms with Gasteiger partial charge in [-0.1, -0.05) is 0 Å². The minimum Gasteiger partial charge on any atom is -0.496 e. The topological polar surface area (TPSA) is 55.0 Å². The lowest BCUT2D eigenvalue weighted by Crippen LogP contribution is -1.98. The molecular formula is C14H16N2O2. The number of benzene rings is 1. The Balaban J connectivity index is 2.73. The Morgan fingerprint density at radius 3 is 2.61 bits per heavy atom. The van der Waals surface area contributed by atoms with E-state index in [1.807, 2.05) is 26.8 Å². The summed E-state index contributed by atoms with van der Waals surface area (Å²) in [6.07, 6.45) is 2.36. The summed E-state index contributed by atoms with van der Waals surface area (Å²) in [5, 5.41) is 6.83. The molecule has 1 heterocycles. The third kappa shape index (κ3) is 1.79. The van der Waals surface area contributed by atoms with Crippen LogP contribution >= 0.6 is 0 Å². The average Bonchev–Trinajstić information content (AvgIpc) is 2.82. The number of carbonyl (C=O) groups is 1. The highest BCUT2D eigenvalue weighted by Gasteiger charge is 2.16. The van der Waals surface area contributed by atoms with Crippen molar-refractivity contribution in [3.05, 3.63) is 34.5 Å². The second kappa shape index (κ2) is 4.64. The molecule has 0 aliphatic rings. The molecule has 1 N–H and O–H groups in total. The summed E-state index contributed by atoms with van der Waals surface area (Å²) in [6, 6.07) is 1.98. The highest BCUT2D eigenvalue weighted by Crippen LogP contribution is 2.34. The van der Waals surface area contributed by atoms with Crippen LogP contribution in [0, 0.1) is 20.8 Å². The van der Waals surface area contributed by atoms with E-state index in [-0.39, 0.29) is 0 Å². The fourth-order valence-corrected chi connectivity index (χ4v) is 2.23. The van der Waals surface area contributed by atoms with Crippen LogP contribution in [0.1, 0.15) is 27.0 Å². The Morgan fingerprint density at radius 2 is 2.00 bits per heavy atom. The zero-order valence-corrected chi connectivity index (χ0v) is 11.0. The zero-order valence-electron chi connectivity index (χ0n) is 11.0. The molecule has 0 radical (unpaired) electrons. The summed E-state index contributed by atoms with van der Waals surface area (Å²) < 4.78 is 5.34. The summed E-state index contributed by atoms with van der Waals surface area (Å²) >= 11 is 0. The van der Waals surface area contributed by atoms with Crippen molar-refractivity contribution in [2.75, 3.05) is 7.11 Å². The molecule has 18 heavy (non-hydrogen) atoms. The van der Waals surface area contributed by atoms with Crippen LogP contribution in [0.2, 0.25) is 0 Å². The third-order valence-electron chi connectivity index (χ3n) is 3.31. The normalized spacial score (nSPS) is 10.4. The second-order valence-electron chi connectivity index (χ2n) is 4.34. The molecule has 2 aromatic rings. The molecule has 0 amide bonds. The van der Waals surface area contributed by atoms with Gasteiger partial charge in [0.2, 0.25) is 0 Å². The maximum absolute atomic E-state index is 11.0. The largest absolute Gasteiger partial charge is 0.496 e. The summed E-state index contributed by atoms with van der Waals surface area (Å²) in [5.41, 5.74) is 5.59. The number of aldehydes is 1. The fraction of sp³-hybridized carbons (Fsp3) is 0.286. The molecule has 4 heteroatoms. The molecular weight excluding hydrogens is 228 g/mol. The van der Waals surface area contributed by atoms with E-state index < -0.39 is 0 Å². The summed E-state index contributed by atoms with van der Waals surface area (Å²) in [5.74, 6) is 0.862. The number of carbonyl (C=O) groups excluding carboxylic acids is 1. The number of nitrogens with one attached hydrogen (secondary N) is 1. The quantitative estimate of drug-likeness (QED) is 0.845. The maximum Gasteiger partial charge on any atom is 0.153 e. The monoisotopic (exact) mass is 244 g/mol. The van der Waals surface area contributed by atoms with Crippen LogP contribution in [-0.2, 0) is 0 Å². The van der Waals surface area contributed by atoms with Crippen molar-refractivity contribution in [3.63, 3.8) is 0 Å². The number of hydrogen-bond donors (Lipinski definition) is 1. The fourth-order valence-electron chi connectivity index (χ4n) is 2.23. The molecule has 0 aliphatic heterocycles. The van der Waals surface area contributed by atoms with Gasteiger partial charge in [0.05, 0.1) is 24.6 Å². The standard InChI is InChI=1S/C14H16N2O2/c1-8-5-12(18-4)9(2)10(3)13(8)14-11(7-17)6-15-16-14/h5-7H,1-4H3,(H,15,16). The van der Waals surface area contributed by atoms with Gasteiger partial charge in [0.15, 0.2) is 6.29 Å². The van der Waals surface area contributed by atoms with Crippen LogP contribution in [0.5, 0.6) is 5.75 Å². The van der Waals surface area contributed by atoms with Crippen LogP contribution in [0.4, 0.5) is 0 Å². The van der Waals surface area contributed by atoms with Gasteiger partial charge in [0.25, 0.3) is 0 Å². The number of aromatic amines is 1. The Kier molecular flexibility index (Phi) is 3.19. The van der Waals surface area contributed by atoms with Crippen LogP contribution < -0.4 is 4.74 Å². The molecule has 0 spiro atoms. The lowest BCUT2D eigenvalue weighted by molar-refractivity contribution is 0.112. The van der Waals surface area contributed by atoms with E-state index in [9.17, 15) is 4.79 Å². The van der Waals surface area contributed by atoms with Crippen molar-refractivity contribution in [2.24, 2.45) is 0 Å². The van der Waals surface area contributed by atoms with E-state index in [1.54, 1.807) is 13.3 Å². The number of H-pyrrole nitrogens is 1. The lowest BCUT2D eigenvalue weighted by Gasteiger charge is -2.15. The van der Waals surface area contributed by atoms with Gasteiger partial charge in [-0.2, -0.15) is 5.10 Å². The van der Waals surface area contributed by atoms with E-state index in [0.717, 1.165) is 40.0 Å². The molecule has 0 saturated heterocycles. The first-order valence-electron chi connectivity index (χ1n) is 5.73. The second-order valence-corrected chi connectivity index (χ2v) is 4.34. The minimum absolute atomic E-state index is 0.575. The molecule has 0 unspecified atom stereocenters. The predicted molar refractivity (Wildman–Crippen MR) is 70.2 cm³/mol. The summed E-state index contributed by atoms with van der Waals surface area (Å²) in [7, 11) is 1.66. The molecule has 0 aliphatic carbocycles. The molecule has 2 rings (SSSR count). The maximum atomic E-state index is 11.0. The van der Waals surface area contributed by atoms with Crippen LogP contribution in [0.3, 0.4) is 0 Å². The van der Waals surface area contributed by atoms with Gasteiger partial charge >= 0.3 is 0 Å². The Hall–Kier alpha value is -2.10. The zero-order chi connectivity index (χ0) is 13.3. The number of hydrogen-bond acceptors (Lipinski definition) is 3. The highest BCUT2D eigenvalue weighted by atomic mass is 16.5. The number of nitrogens with zero attached hydrogens (tertiary/aromatic N) is 1. The highest BCUT2D eigenvalue weighted by molar-refractivity contribution is 5.87. The molecule has 0 fully saturated rings. The molecule has 0 bridgehead atoms. The van der Waals surface area contributed by atoms with Crippen molar-refractivity contribution >= 4 is 6.29 Å². The average molecular weight is 244 g/mol. The lowest BCUT2D eigenvalue weighted by atomic mass is 9.94. The van der Waals surface area contributed by atoms with E-state index in [2.05, 4.69) is 10.2 Å². The van der Waals surface area contributed by atoms with Gasteiger partial charge in [-0.3, -0.25) is 9.89 Å². The van der Waals surface area contributed by atoms with Crippen molar-refractivity contribution < 1.29 is 9.53 Å². The van der Waals surface area contributed by atoms with Gasteiger partial charge in [-0.15, -0.1) is 0 Å². The first-order valence-corrected chi connectivity index (χ1v) is 5.73. The predicted octanol–water partition coefficient (Wildman–Crippen LogP) is 2.82. The summed E-state index contributed by atoms with van der Waals surface area (Å²) in [6.45, 7) is 6.03. The summed E-state index contributed by atoms with van der Waals surface area (Å²) in [4.78, 5) is 11.0. The van der Waals surface area contributed by atoms with Gasteiger partial charge < -0.3 is 4.74 Å². The van der Waals surface area contributed by atoms with Crippen LogP contribution in [-0.4, -0.2) is 23.6 Å². The van der Waals surface area contributed by atoms with Crippen LogP contribution in [0.25, 0.3) is 11.3 Å². The molecule has 0 atom stereocenters. The van der Waals surface area contributed by atoms with Gasteiger partial charge in [-0.05, 0) is 43.5 Å². The third-order valence-corrected chi connectivity index (χ3v) is 3.31. The molecule has 0 saturated carbocycles. The van der Waals surface area contributed by atoms with Crippen molar-refractivity contribution in [2.45, 2.75) is 20.8 Å². The smallest absolute Gasteiger partial charge is 0.153 e. The molecule has 94 valence electrons. The Bertz CT molecular complexity index is 600. The first-order chi connectivity index (χ1) is 8.60. The van der Waals surface area contributed by atoms with Gasteiger partial charge in [-0.25, -0.2) is 0 Å². The van der Waals surface area contributed by atoms with Crippen LogP contribution in [0.15, 0.2) is 12.3 Å². The molecule has 1 aromatic carbocycles. The number of ether oxygens (including phenoxy) is 1. The number of methoxy groups -OCH3 is 1. The van der Waals surface area contributed by atoms with Crippen molar-refractivity contribution in [1.29, 1.82) is 0 Å². The number of aromatic nitrogens is 2.